The summed E-state index contributed by atoms with van der Waals surface area (Å²) in [4.78, 5) is 2.82. The maximum absolute atomic E-state index is 3.53. The zero-order chi connectivity index (χ0) is 11.5. The number of hydrogen-bond donors (Lipinski definition) is 1. The lowest BCUT2D eigenvalue weighted by atomic mass is 9.82. The summed E-state index contributed by atoms with van der Waals surface area (Å²) in [6, 6.07) is 0.950. The molecule has 0 aromatic carbocycles. The minimum absolute atomic E-state index is 0.950. The van der Waals surface area contributed by atoms with Gasteiger partial charge in [0.25, 0.3) is 0 Å². The zero-order valence-corrected chi connectivity index (χ0v) is 11.2. The zero-order valence-electron chi connectivity index (χ0n) is 11.2. The molecule has 0 bridgehead atoms. The topological polar surface area (TPSA) is 15.3 Å². The second-order valence-corrected chi connectivity index (χ2v) is 6.42. The Morgan fingerprint density at radius 3 is 2.18 bits per heavy atom. The fourth-order valence-corrected chi connectivity index (χ4v) is 4.28. The number of rotatable bonds is 2. The molecule has 0 aromatic rings. The lowest BCUT2D eigenvalue weighted by Crippen LogP contribution is -2.43. The van der Waals surface area contributed by atoms with Crippen LogP contribution in [-0.2, 0) is 0 Å². The van der Waals surface area contributed by atoms with E-state index in [1.54, 1.807) is 0 Å². The van der Waals surface area contributed by atoms with Gasteiger partial charge in [0.1, 0.15) is 0 Å². The highest BCUT2D eigenvalue weighted by molar-refractivity contribution is 4.85. The van der Waals surface area contributed by atoms with E-state index in [4.69, 9.17) is 0 Å². The van der Waals surface area contributed by atoms with Crippen LogP contribution in [0.15, 0.2) is 0 Å². The molecule has 2 nitrogen and oxygen atoms in total. The Morgan fingerprint density at radius 1 is 0.765 bits per heavy atom. The van der Waals surface area contributed by atoms with E-state index in [1.165, 1.54) is 77.5 Å². The van der Waals surface area contributed by atoms with Gasteiger partial charge in [-0.15, -0.1) is 0 Å². The molecule has 1 saturated carbocycles. The van der Waals surface area contributed by atoms with Crippen LogP contribution >= 0.6 is 0 Å². The first-order valence-corrected chi connectivity index (χ1v) is 7.88. The Labute approximate surface area is 106 Å². The van der Waals surface area contributed by atoms with Gasteiger partial charge in [-0.05, 0) is 70.1 Å². The van der Waals surface area contributed by atoms with Crippen molar-refractivity contribution >= 4 is 0 Å². The molecule has 2 heterocycles. The van der Waals surface area contributed by atoms with Gasteiger partial charge in [0.2, 0.25) is 0 Å². The van der Waals surface area contributed by atoms with Crippen molar-refractivity contribution in [1.29, 1.82) is 0 Å². The van der Waals surface area contributed by atoms with E-state index >= 15 is 0 Å². The van der Waals surface area contributed by atoms with Gasteiger partial charge in [-0.25, -0.2) is 0 Å². The van der Waals surface area contributed by atoms with Gasteiger partial charge in [-0.3, -0.25) is 0 Å². The molecular weight excluding hydrogens is 208 g/mol. The lowest BCUT2D eigenvalue weighted by molar-refractivity contribution is 0.0908. The predicted octanol–water partition coefficient (Wildman–Crippen LogP) is 2.64. The molecule has 98 valence electrons. The van der Waals surface area contributed by atoms with E-state index in [9.17, 15) is 0 Å². The van der Waals surface area contributed by atoms with Gasteiger partial charge in [0.05, 0.1) is 0 Å². The van der Waals surface area contributed by atoms with Crippen molar-refractivity contribution in [2.24, 2.45) is 11.8 Å². The quantitative estimate of drug-likeness (QED) is 0.793. The molecule has 0 amide bonds. The monoisotopic (exact) mass is 236 g/mol. The summed E-state index contributed by atoms with van der Waals surface area (Å²) in [6.07, 6.45) is 11.8. The van der Waals surface area contributed by atoms with Crippen molar-refractivity contribution in [1.82, 2.24) is 10.2 Å². The second-order valence-electron chi connectivity index (χ2n) is 6.42. The summed E-state index contributed by atoms with van der Waals surface area (Å²) in [5.41, 5.74) is 0. The number of piperidine rings is 1. The number of nitrogens with one attached hydrogen (secondary N) is 1. The molecule has 17 heavy (non-hydrogen) atoms. The summed E-state index contributed by atoms with van der Waals surface area (Å²) in [6.45, 7) is 5.36. The summed E-state index contributed by atoms with van der Waals surface area (Å²) in [5, 5.41) is 3.53. The van der Waals surface area contributed by atoms with E-state index in [0.717, 1.165) is 17.9 Å². The molecule has 2 saturated heterocycles. The highest BCUT2D eigenvalue weighted by Gasteiger charge is 2.31. The van der Waals surface area contributed by atoms with E-state index < -0.39 is 0 Å². The molecule has 1 N–H and O–H groups in total. The van der Waals surface area contributed by atoms with Crippen LogP contribution in [-0.4, -0.2) is 37.1 Å². The van der Waals surface area contributed by atoms with Crippen molar-refractivity contribution in [3.63, 3.8) is 0 Å². The third-order valence-electron chi connectivity index (χ3n) is 5.43. The van der Waals surface area contributed by atoms with Crippen molar-refractivity contribution in [2.45, 2.75) is 57.4 Å². The smallest absolute Gasteiger partial charge is 0.00952 e. The Morgan fingerprint density at radius 2 is 1.53 bits per heavy atom. The van der Waals surface area contributed by atoms with Gasteiger partial charge in [-0.1, -0.05) is 19.3 Å². The molecule has 0 aromatic heterocycles. The standard InChI is InChI=1S/C15H28N2/c1-2-4-15(5-3-1)17-10-7-13(8-11-17)14-6-9-16-12-14/h13-16H,1-12H2. The van der Waals surface area contributed by atoms with E-state index in [2.05, 4.69) is 10.2 Å². The minimum Gasteiger partial charge on any atom is -0.316 e. The molecular formula is C15H28N2. The Kier molecular flexibility index (Phi) is 4.02. The number of likely N-dealkylation sites (tertiary alicyclic amines) is 1. The van der Waals surface area contributed by atoms with Crippen LogP contribution in [0.25, 0.3) is 0 Å². The summed E-state index contributed by atoms with van der Waals surface area (Å²) < 4.78 is 0. The lowest BCUT2D eigenvalue weighted by Gasteiger charge is -2.40. The normalized spacial score (nSPS) is 34.2. The molecule has 3 aliphatic rings. The maximum atomic E-state index is 3.53. The first kappa shape index (κ1) is 12.0. The Hall–Kier alpha value is -0.0800. The third kappa shape index (κ3) is 2.85. The molecule has 2 aliphatic heterocycles. The summed E-state index contributed by atoms with van der Waals surface area (Å²) in [5.74, 6) is 2.04. The van der Waals surface area contributed by atoms with Gasteiger partial charge in [0, 0.05) is 6.04 Å². The first-order valence-electron chi connectivity index (χ1n) is 7.88. The van der Waals surface area contributed by atoms with Gasteiger partial charge in [-0.2, -0.15) is 0 Å². The molecule has 2 heteroatoms. The van der Waals surface area contributed by atoms with Crippen molar-refractivity contribution in [3.8, 4) is 0 Å². The molecule has 3 rings (SSSR count). The molecule has 1 atom stereocenters. The van der Waals surface area contributed by atoms with Gasteiger partial charge in [0.15, 0.2) is 0 Å². The Bertz CT molecular complexity index is 221. The number of hydrogen-bond acceptors (Lipinski definition) is 2. The van der Waals surface area contributed by atoms with E-state index in [-0.39, 0.29) is 0 Å². The fraction of sp³-hybridized carbons (Fsp3) is 1.00. The maximum Gasteiger partial charge on any atom is 0.00952 e. The van der Waals surface area contributed by atoms with Crippen LogP contribution in [0.3, 0.4) is 0 Å². The molecule has 0 radical (unpaired) electrons. The molecule has 3 fully saturated rings. The average Bonchev–Trinajstić information content (AvgIpc) is 2.94. The molecule has 1 aliphatic carbocycles. The van der Waals surface area contributed by atoms with Crippen molar-refractivity contribution in [2.75, 3.05) is 26.2 Å². The van der Waals surface area contributed by atoms with Gasteiger partial charge < -0.3 is 10.2 Å². The van der Waals surface area contributed by atoms with Crippen LogP contribution in [0.4, 0.5) is 0 Å². The van der Waals surface area contributed by atoms with Crippen LogP contribution in [0.2, 0.25) is 0 Å². The van der Waals surface area contributed by atoms with Crippen LogP contribution < -0.4 is 5.32 Å². The summed E-state index contributed by atoms with van der Waals surface area (Å²) in [7, 11) is 0. The third-order valence-corrected chi connectivity index (χ3v) is 5.43. The van der Waals surface area contributed by atoms with Crippen LogP contribution in [0.1, 0.15) is 51.4 Å². The molecule has 0 spiro atoms. The van der Waals surface area contributed by atoms with Gasteiger partial charge >= 0.3 is 0 Å². The predicted molar refractivity (Wildman–Crippen MR) is 72.1 cm³/mol. The highest BCUT2D eigenvalue weighted by Crippen LogP contribution is 2.32. The summed E-state index contributed by atoms with van der Waals surface area (Å²) >= 11 is 0. The van der Waals surface area contributed by atoms with E-state index in [0.29, 0.717) is 0 Å². The average molecular weight is 236 g/mol. The highest BCUT2D eigenvalue weighted by atomic mass is 15.2. The minimum atomic E-state index is 0.950. The fourth-order valence-electron chi connectivity index (χ4n) is 4.28. The largest absolute Gasteiger partial charge is 0.316 e. The van der Waals surface area contributed by atoms with Crippen molar-refractivity contribution in [3.05, 3.63) is 0 Å². The van der Waals surface area contributed by atoms with Crippen LogP contribution in [0, 0.1) is 11.8 Å². The molecule has 1 unspecified atom stereocenters. The number of nitrogens with zero attached hydrogens (tertiary/aromatic N) is 1. The first-order chi connectivity index (χ1) is 8.43. The van der Waals surface area contributed by atoms with Crippen LogP contribution in [0.5, 0.6) is 0 Å². The second kappa shape index (κ2) is 5.71. The van der Waals surface area contributed by atoms with Crippen molar-refractivity contribution < 1.29 is 0 Å². The Balaban J connectivity index is 1.46. The SMILES string of the molecule is C1CCC(N2CCC(C3CCNC3)CC2)CC1. The van der Waals surface area contributed by atoms with E-state index in [1.807, 2.05) is 0 Å².